The molecule has 0 bridgehead atoms. The third kappa shape index (κ3) is 3.30. The first kappa shape index (κ1) is 16.0. The summed E-state index contributed by atoms with van der Waals surface area (Å²) in [4.78, 5) is 14.7. The van der Waals surface area contributed by atoms with Crippen molar-refractivity contribution in [3.05, 3.63) is 24.0 Å². The van der Waals surface area contributed by atoms with Crippen LogP contribution in [0.5, 0.6) is 0 Å². The summed E-state index contributed by atoms with van der Waals surface area (Å²) in [6, 6.07) is 1.73. The number of likely N-dealkylation sites (tertiary alicyclic amines) is 1. The molecular weight excluding hydrogens is 306 g/mol. The Bertz CT molecular complexity index is 578. The molecule has 1 saturated carbocycles. The molecular formula is C18H25N3O3. The van der Waals surface area contributed by atoms with Gasteiger partial charge >= 0.3 is 0 Å². The summed E-state index contributed by atoms with van der Waals surface area (Å²) in [5.74, 6) is 0.795. The molecule has 1 aliphatic carbocycles. The first-order chi connectivity index (χ1) is 11.8. The minimum absolute atomic E-state index is 0.0375. The summed E-state index contributed by atoms with van der Waals surface area (Å²) in [5, 5.41) is 7.58. The fourth-order valence-electron chi connectivity index (χ4n) is 3.99. The molecule has 0 spiro atoms. The highest BCUT2D eigenvalue weighted by Crippen LogP contribution is 2.41. The van der Waals surface area contributed by atoms with Crippen LogP contribution in [0.1, 0.15) is 42.5 Å². The van der Waals surface area contributed by atoms with Crippen LogP contribution in [0.3, 0.4) is 0 Å². The van der Waals surface area contributed by atoms with Crippen LogP contribution in [0.15, 0.2) is 18.5 Å². The quantitative estimate of drug-likeness (QED) is 0.825. The molecule has 3 heterocycles. The van der Waals surface area contributed by atoms with E-state index in [-0.39, 0.29) is 17.4 Å². The van der Waals surface area contributed by atoms with Gasteiger partial charge in [-0.1, -0.05) is 0 Å². The highest BCUT2D eigenvalue weighted by molar-refractivity contribution is 5.93. The van der Waals surface area contributed by atoms with E-state index in [0.29, 0.717) is 18.7 Å². The van der Waals surface area contributed by atoms with Crippen molar-refractivity contribution < 1.29 is 14.3 Å². The van der Waals surface area contributed by atoms with Crippen molar-refractivity contribution in [2.24, 2.45) is 11.3 Å². The zero-order valence-electron chi connectivity index (χ0n) is 14.0. The second kappa shape index (κ2) is 6.76. The second-order valence-electron chi connectivity index (χ2n) is 7.43. The lowest BCUT2D eigenvalue weighted by atomic mass is 9.73. The van der Waals surface area contributed by atoms with Crippen LogP contribution in [0.25, 0.3) is 0 Å². The number of ether oxygens (including phenoxy) is 2. The Morgan fingerprint density at radius 1 is 1.38 bits per heavy atom. The van der Waals surface area contributed by atoms with Gasteiger partial charge in [-0.3, -0.25) is 4.79 Å². The van der Waals surface area contributed by atoms with E-state index in [9.17, 15) is 4.79 Å². The Balaban J connectivity index is 1.46. The minimum atomic E-state index is -0.0541. The number of piperidine rings is 1. The average molecular weight is 331 g/mol. The Hall–Kier alpha value is -1.53. The van der Waals surface area contributed by atoms with Crippen molar-refractivity contribution in [1.29, 1.82) is 0 Å². The van der Waals surface area contributed by atoms with Gasteiger partial charge in [-0.15, -0.1) is 0 Å². The van der Waals surface area contributed by atoms with Crippen LogP contribution >= 0.6 is 0 Å². The summed E-state index contributed by atoms with van der Waals surface area (Å²) < 4.78 is 12.1. The number of rotatable bonds is 5. The topological polar surface area (TPSA) is 64.6 Å². The molecule has 0 aromatic carbocycles. The van der Waals surface area contributed by atoms with E-state index in [1.807, 2.05) is 4.90 Å². The number of nitrogens with zero attached hydrogens (tertiary/aromatic N) is 3. The highest BCUT2D eigenvalue weighted by atomic mass is 16.5. The lowest BCUT2D eigenvalue weighted by Gasteiger charge is -2.50. The maximum absolute atomic E-state index is 12.8. The molecule has 3 aliphatic rings. The molecule has 2 saturated heterocycles. The summed E-state index contributed by atoms with van der Waals surface area (Å²) in [6.45, 7) is 3.83. The monoisotopic (exact) mass is 331 g/mol. The Morgan fingerprint density at radius 3 is 3.08 bits per heavy atom. The van der Waals surface area contributed by atoms with Gasteiger partial charge in [-0.05, 0) is 44.1 Å². The molecule has 0 N–H and O–H groups in total. The number of carbonyl (C=O) groups is 1. The van der Waals surface area contributed by atoms with Gasteiger partial charge in [0.15, 0.2) is 0 Å². The number of hydrogen-bond donors (Lipinski definition) is 0. The van der Waals surface area contributed by atoms with Crippen molar-refractivity contribution in [3.8, 4) is 0 Å². The maximum atomic E-state index is 12.8. The number of carbonyl (C=O) groups excluding carboxylic acids is 1. The van der Waals surface area contributed by atoms with Gasteiger partial charge in [0.05, 0.1) is 30.7 Å². The molecule has 2 aliphatic heterocycles. The van der Waals surface area contributed by atoms with E-state index < -0.39 is 0 Å². The second-order valence-corrected chi connectivity index (χ2v) is 7.43. The lowest BCUT2D eigenvalue weighted by molar-refractivity contribution is -0.147. The number of aromatic nitrogens is 2. The number of amides is 1. The molecule has 0 radical (unpaired) electrons. The normalized spacial score (nSPS) is 30.0. The van der Waals surface area contributed by atoms with E-state index in [4.69, 9.17) is 9.47 Å². The largest absolute Gasteiger partial charge is 0.380 e. The van der Waals surface area contributed by atoms with E-state index in [0.717, 1.165) is 44.9 Å². The summed E-state index contributed by atoms with van der Waals surface area (Å²) in [7, 11) is 0. The standard InChI is InChI=1S/C18H25N3O3/c22-17(15-4-7-19-20-10-15)21-8-5-16-18(12-21,6-1-9-24-16)13-23-11-14-2-3-14/h4,7,10,14,16H,1-3,5-6,8-9,11-13H2/t16-,18+/m0/s1. The molecule has 24 heavy (non-hydrogen) atoms. The number of fused-ring (bicyclic) bond motifs is 1. The van der Waals surface area contributed by atoms with E-state index in [1.165, 1.54) is 12.8 Å². The van der Waals surface area contributed by atoms with Gasteiger partial charge in [-0.2, -0.15) is 10.2 Å². The smallest absolute Gasteiger partial charge is 0.255 e. The summed E-state index contributed by atoms with van der Waals surface area (Å²) >= 11 is 0. The summed E-state index contributed by atoms with van der Waals surface area (Å²) in [6.07, 6.45) is 8.92. The zero-order valence-corrected chi connectivity index (χ0v) is 14.0. The molecule has 4 rings (SSSR count). The molecule has 130 valence electrons. The molecule has 1 amide bonds. The summed E-state index contributed by atoms with van der Waals surface area (Å²) in [5.41, 5.74) is 0.552. The van der Waals surface area contributed by atoms with Crippen LogP contribution in [-0.4, -0.2) is 60.0 Å². The van der Waals surface area contributed by atoms with Crippen molar-refractivity contribution >= 4 is 5.91 Å². The van der Waals surface area contributed by atoms with Gasteiger partial charge in [0, 0.05) is 31.7 Å². The van der Waals surface area contributed by atoms with E-state index >= 15 is 0 Å². The molecule has 3 fully saturated rings. The highest BCUT2D eigenvalue weighted by Gasteiger charge is 2.47. The molecule has 6 nitrogen and oxygen atoms in total. The minimum Gasteiger partial charge on any atom is -0.380 e. The third-order valence-electron chi connectivity index (χ3n) is 5.55. The van der Waals surface area contributed by atoms with E-state index in [1.54, 1.807) is 18.5 Å². The van der Waals surface area contributed by atoms with Crippen LogP contribution in [0, 0.1) is 11.3 Å². The molecule has 0 unspecified atom stereocenters. The predicted molar refractivity (Wildman–Crippen MR) is 87.5 cm³/mol. The predicted octanol–water partition coefficient (Wildman–Crippen LogP) is 1.91. The van der Waals surface area contributed by atoms with Crippen molar-refractivity contribution in [3.63, 3.8) is 0 Å². The maximum Gasteiger partial charge on any atom is 0.255 e. The Morgan fingerprint density at radius 2 is 2.29 bits per heavy atom. The molecule has 1 aromatic heterocycles. The first-order valence-corrected chi connectivity index (χ1v) is 9.02. The van der Waals surface area contributed by atoms with Gasteiger partial charge in [0.2, 0.25) is 0 Å². The van der Waals surface area contributed by atoms with Gasteiger partial charge < -0.3 is 14.4 Å². The Kier molecular flexibility index (Phi) is 4.50. The van der Waals surface area contributed by atoms with Gasteiger partial charge in [-0.25, -0.2) is 0 Å². The molecule has 1 aromatic rings. The van der Waals surface area contributed by atoms with Crippen LogP contribution in [0.2, 0.25) is 0 Å². The van der Waals surface area contributed by atoms with Gasteiger partial charge in [0.1, 0.15) is 0 Å². The Labute approximate surface area is 142 Å². The van der Waals surface area contributed by atoms with Crippen LogP contribution in [0.4, 0.5) is 0 Å². The fourth-order valence-corrected chi connectivity index (χ4v) is 3.99. The van der Waals surface area contributed by atoms with Crippen molar-refractivity contribution in [1.82, 2.24) is 15.1 Å². The zero-order chi connectivity index (χ0) is 16.4. The first-order valence-electron chi connectivity index (χ1n) is 9.02. The average Bonchev–Trinajstić information content (AvgIpc) is 3.45. The van der Waals surface area contributed by atoms with Crippen LogP contribution in [-0.2, 0) is 9.47 Å². The SMILES string of the molecule is O=C(c1ccnnc1)N1CC[C@@H]2OCCC[C@]2(COCC2CC2)C1. The number of hydrogen-bond acceptors (Lipinski definition) is 5. The van der Waals surface area contributed by atoms with Gasteiger partial charge in [0.25, 0.3) is 5.91 Å². The van der Waals surface area contributed by atoms with Crippen LogP contribution < -0.4 is 0 Å². The molecule has 2 atom stereocenters. The van der Waals surface area contributed by atoms with E-state index in [2.05, 4.69) is 10.2 Å². The fraction of sp³-hybridized carbons (Fsp3) is 0.722. The lowest BCUT2D eigenvalue weighted by Crippen LogP contribution is -2.58. The molecule has 6 heteroatoms. The third-order valence-corrected chi connectivity index (χ3v) is 5.55. The van der Waals surface area contributed by atoms with Crippen molar-refractivity contribution in [2.45, 2.75) is 38.2 Å². The van der Waals surface area contributed by atoms with Crippen molar-refractivity contribution in [2.75, 3.05) is 32.9 Å².